The van der Waals surface area contributed by atoms with Gasteiger partial charge in [-0.15, -0.1) is 0 Å². The predicted octanol–water partition coefficient (Wildman–Crippen LogP) is 2.88. The lowest BCUT2D eigenvalue weighted by Crippen LogP contribution is -2.47. The van der Waals surface area contributed by atoms with Gasteiger partial charge in [0.15, 0.2) is 0 Å². The number of nitrogens with zero attached hydrogens (tertiary/aromatic N) is 2. The summed E-state index contributed by atoms with van der Waals surface area (Å²) in [5.41, 5.74) is 2.17. The molecule has 0 aliphatic carbocycles. The molecule has 0 saturated carbocycles. The van der Waals surface area contributed by atoms with Crippen molar-refractivity contribution >= 4 is 15.7 Å². The minimum Gasteiger partial charge on any atom is -0.369 e. The minimum atomic E-state index is -3.44. The Morgan fingerprint density at radius 2 is 1.61 bits per heavy atom. The lowest BCUT2D eigenvalue weighted by Gasteiger charge is -2.36. The molecule has 28 heavy (non-hydrogen) atoms. The SMILES string of the molecule is CCc1ccc(S(=O)(=O)NCCCN2CCN(c3ccc(F)cc3)CC2)cc1. The molecule has 0 atom stereocenters. The number of benzene rings is 2. The topological polar surface area (TPSA) is 52.7 Å². The minimum absolute atomic E-state index is 0.217. The molecule has 0 aromatic heterocycles. The average molecular weight is 406 g/mol. The van der Waals surface area contributed by atoms with Crippen LogP contribution in [-0.2, 0) is 16.4 Å². The number of rotatable bonds is 8. The summed E-state index contributed by atoms with van der Waals surface area (Å²) in [5, 5.41) is 0. The molecule has 1 fully saturated rings. The van der Waals surface area contributed by atoms with Gasteiger partial charge in [0.1, 0.15) is 5.82 Å². The Balaban J connectivity index is 1.39. The van der Waals surface area contributed by atoms with Crippen LogP contribution in [-0.4, -0.2) is 52.6 Å². The van der Waals surface area contributed by atoms with Crippen molar-refractivity contribution < 1.29 is 12.8 Å². The normalized spacial score (nSPS) is 15.7. The first-order chi connectivity index (χ1) is 13.5. The van der Waals surface area contributed by atoms with Gasteiger partial charge in [-0.05, 0) is 61.3 Å². The van der Waals surface area contributed by atoms with Crippen LogP contribution >= 0.6 is 0 Å². The zero-order chi connectivity index (χ0) is 20.0. The fourth-order valence-corrected chi connectivity index (χ4v) is 4.45. The van der Waals surface area contributed by atoms with Crippen LogP contribution in [0.15, 0.2) is 53.4 Å². The monoisotopic (exact) mass is 405 g/mol. The van der Waals surface area contributed by atoms with Crippen LogP contribution in [0.2, 0.25) is 0 Å². The van der Waals surface area contributed by atoms with Crippen LogP contribution in [0.3, 0.4) is 0 Å². The highest BCUT2D eigenvalue weighted by Crippen LogP contribution is 2.17. The molecule has 5 nitrogen and oxygen atoms in total. The fraction of sp³-hybridized carbons (Fsp3) is 0.429. The van der Waals surface area contributed by atoms with Gasteiger partial charge in [-0.25, -0.2) is 17.5 Å². The van der Waals surface area contributed by atoms with Crippen molar-refractivity contribution in [1.29, 1.82) is 0 Å². The average Bonchev–Trinajstić information content (AvgIpc) is 2.72. The molecular weight excluding hydrogens is 377 g/mol. The van der Waals surface area contributed by atoms with Gasteiger partial charge in [-0.1, -0.05) is 19.1 Å². The number of sulfonamides is 1. The first-order valence-corrected chi connectivity index (χ1v) is 11.3. The second-order valence-corrected chi connectivity index (χ2v) is 8.82. The molecule has 0 amide bonds. The van der Waals surface area contributed by atoms with Crippen LogP contribution in [0.4, 0.5) is 10.1 Å². The first kappa shape index (κ1) is 20.8. The summed E-state index contributed by atoms with van der Waals surface area (Å²) in [6, 6.07) is 13.6. The first-order valence-electron chi connectivity index (χ1n) is 9.79. The van der Waals surface area contributed by atoms with E-state index in [-0.39, 0.29) is 5.82 Å². The smallest absolute Gasteiger partial charge is 0.240 e. The number of nitrogens with one attached hydrogen (secondary N) is 1. The molecule has 0 radical (unpaired) electrons. The number of anilines is 1. The van der Waals surface area contributed by atoms with Crippen molar-refractivity contribution in [2.75, 3.05) is 44.2 Å². The van der Waals surface area contributed by atoms with Crippen molar-refractivity contribution in [2.45, 2.75) is 24.7 Å². The molecule has 3 rings (SSSR count). The third kappa shape index (κ3) is 5.53. The van der Waals surface area contributed by atoms with Crippen LogP contribution in [0, 0.1) is 5.82 Å². The molecule has 1 heterocycles. The molecule has 1 saturated heterocycles. The fourth-order valence-electron chi connectivity index (χ4n) is 3.38. The second-order valence-electron chi connectivity index (χ2n) is 7.05. The summed E-state index contributed by atoms with van der Waals surface area (Å²) in [6.45, 7) is 6.94. The zero-order valence-corrected chi connectivity index (χ0v) is 17.1. The Morgan fingerprint density at radius 1 is 0.964 bits per heavy atom. The lowest BCUT2D eigenvalue weighted by molar-refractivity contribution is 0.255. The van der Waals surface area contributed by atoms with Crippen molar-refractivity contribution in [3.05, 3.63) is 59.9 Å². The van der Waals surface area contributed by atoms with E-state index in [1.54, 1.807) is 12.1 Å². The largest absolute Gasteiger partial charge is 0.369 e. The van der Waals surface area contributed by atoms with Crippen molar-refractivity contribution in [1.82, 2.24) is 9.62 Å². The van der Waals surface area contributed by atoms with E-state index in [1.807, 2.05) is 31.2 Å². The molecule has 1 aliphatic heterocycles. The molecule has 2 aromatic rings. The number of piperazine rings is 1. The van der Waals surface area contributed by atoms with E-state index < -0.39 is 10.0 Å². The van der Waals surface area contributed by atoms with E-state index in [0.717, 1.165) is 56.8 Å². The highest BCUT2D eigenvalue weighted by Gasteiger charge is 2.18. The van der Waals surface area contributed by atoms with Crippen LogP contribution in [0.25, 0.3) is 0 Å². The Kier molecular flexibility index (Phi) is 7.04. The molecule has 7 heteroatoms. The highest BCUT2D eigenvalue weighted by molar-refractivity contribution is 7.89. The maximum Gasteiger partial charge on any atom is 0.240 e. The van der Waals surface area contributed by atoms with Gasteiger partial charge >= 0.3 is 0 Å². The Morgan fingerprint density at radius 3 is 2.21 bits per heavy atom. The van der Waals surface area contributed by atoms with Crippen molar-refractivity contribution in [3.63, 3.8) is 0 Å². The molecule has 0 unspecified atom stereocenters. The third-order valence-corrected chi connectivity index (χ3v) is 6.63. The van der Waals surface area contributed by atoms with Crippen LogP contribution in [0.1, 0.15) is 18.9 Å². The Bertz CT molecular complexity index is 846. The summed E-state index contributed by atoms with van der Waals surface area (Å²) in [7, 11) is -3.44. The number of halogens is 1. The Labute approximate surface area is 167 Å². The van der Waals surface area contributed by atoms with Crippen molar-refractivity contribution in [2.24, 2.45) is 0 Å². The number of hydrogen-bond donors (Lipinski definition) is 1. The highest BCUT2D eigenvalue weighted by atomic mass is 32.2. The van der Waals surface area contributed by atoms with E-state index >= 15 is 0 Å². The van der Waals surface area contributed by atoms with Gasteiger partial charge in [-0.2, -0.15) is 0 Å². The molecule has 152 valence electrons. The second kappa shape index (κ2) is 9.49. The quantitative estimate of drug-likeness (QED) is 0.686. The maximum absolute atomic E-state index is 13.0. The Hall–Kier alpha value is -1.96. The predicted molar refractivity (Wildman–Crippen MR) is 111 cm³/mol. The molecule has 0 bridgehead atoms. The zero-order valence-electron chi connectivity index (χ0n) is 16.3. The standard InChI is InChI=1S/C21H28FN3O2S/c1-2-18-4-10-21(11-5-18)28(26,27)23-12-3-13-24-14-16-25(17-15-24)20-8-6-19(22)7-9-20/h4-11,23H,2-3,12-17H2,1H3. The van der Waals surface area contributed by atoms with Gasteiger partial charge in [0.2, 0.25) is 10.0 Å². The van der Waals surface area contributed by atoms with E-state index in [4.69, 9.17) is 0 Å². The molecule has 2 aromatic carbocycles. The van der Waals surface area contributed by atoms with E-state index in [9.17, 15) is 12.8 Å². The molecule has 0 spiro atoms. The maximum atomic E-state index is 13.0. The summed E-state index contributed by atoms with van der Waals surface area (Å²) >= 11 is 0. The van der Waals surface area contributed by atoms with Crippen LogP contribution in [0.5, 0.6) is 0 Å². The lowest BCUT2D eigenvalue weighted by atomic mass is 10.2. The van der Waals surface area contributed by atoms with Crippen LogP contribution < -0.4 is 9.62 Å². The molecule has 1 aliphatic rings. The third-order valence-electron chi connectivity index (χ3n) is 5.15. The van der Waals surface area contributed by atoms with E-state index in [0.29, 0.717) is 11.4 Å². The van der Waals surface area contributed by atoms with E-state index in [1.165, 1.54) is 12.1 Å². The number of hydrogen-bond acceptors (Lipinski definition) is 4. The van der Waals surface area contributed by atoms with Gasteiger partial charge in [0.05, 0.1) is 4.90 Å². The summed E-state index contributed by atoms with van der Waals surface area (Å²) < 4.78 is 40.4. The van der Waals surface area contributed by atoms with Gasteiger partial charge < -0.3 is 4.90 Å². The number of aryl methyl sites for hydroxylation is 1. The van der Waals surface area contributed by atoms with Gasteiger partial charge in [-0.3, -0.25) is 4.90 Å². The molecular formula is C21H28FN3O2S. The van der Waals surface area contributed by atoms with Gasteiger partial charge in [0.25, 0.3) is 0 Å². The van der Waals surface area contributed by atoms with Gasteiger partial charge in [0, 0.05) is 38.4 Å². The van der Waals surface area contributed by atoms with E-state index in [2.05, 4.69) is 14.5 Å². The summed E-state index contributed by atoms with van der Waals surface area (Å²) in [5.74, 6) is -0.217. The summed E-state index contributed by atoms with van der Waals surface area (Å²) in [6.07, 6.45) is 1.66. The summed E-state index contributed by atoms with van der Waals surface area (Å²) in [4.78, 5) is 4.90. The molecule has 1 N–H and O–H groups in total. The van der Waals surface area contributed by atoms with Crippen molar-refractivity contribution in [3.8, 4) is 0 Å².